The van der Waals surface area contributed by atoms with Crippen LogP contribution in [0.4, 0.5) is 4.39 Å². The molecule has 0 amide bonds. The average Bonchev–Trinajstić information content (AvgIpc) is 2.26. The molecule has 1 atom stereocenters. The van der Waals surface area contributed by atoms with Crippen molar-refractivity contribution in [3.05, 3.63) is 30.1 Å². The molecule has 1 aromatic rings. The van der Waals surface area contributed by atoms with E-state index in [1.54, 1.807) is 12.1 Å². The third-order valence-corrected chi connectivity index (χ3v) is 2.46. The van der Waals surface area contributed by atoms with Gasteiger partial charge in [0.15, 0.2) is 0 Å². The molecule has 1 rings (SSSR count). The minimum Gasteiger partial charge on any atom is -0.489 e. The van der Waals surface area contributed by atoms with E-state index in [1.807, 2.05) is 0 Å². The maximum absolute atomic E-state index is 13.0. The maximum Gasteiger partial charge on any atom is 0.126 e. The quantitative estimate of drug-likeness (QED) is 0.787. The van der Waals surface area contributed by atoms with Crippen LogP contribution in [0.3, 0.4) is 0 Å². The highest BCUT2D eigenvalue weighted by molar-refractivity contribution is 5.22. The van der Waals surface area contributed by atoms with Crippen molar-refractivity contribution in [2.24, 2.45) is 0 Å². The Morgan fingerprint density at radius 2 is 2.12 bits per heavy atom. The first-order chi connectivity index (χ1) is 8.11. The lowest BCUT2D eigenvalue weighted by Gasteiger charge is -2.20. The highest BCUT2D eigenvalue weighted by Crippen LogP contribution is 2.15. The molecule has 0 fully saturated rings. The highest BCUT2D eigenvalue weighted by Gasteiger charge is 2.10. The zero-order valence-corrected chi connectivity index (χ0v) is 10.9. The van der Waals surface area contributed by atoms with Gasteiger partial charge in [-0.1, -0.05) is 33.3 Å². The van der Waals surface area contributed by atoms with Crippen LogP contribution in [0.5, 0.6) is 5.75 Å². The third kappa shape index (κ3) is 5.68. The zero-order chi connectivity index (χ0) is 12.7. The van der Waals surface area contributed by atoms with E-state index in [9.17, 15) is 4.39 Å². The topological polar surface area (TPSA) is 21.3 Å². The summed E-state index contributed by atoms with van der Waals surface area (Å²) < 4.78 is 18.8. The van der Waals surface area contributed by atoms with Gasteiger partial charge < -0.3 is 10.1 Å². The van der Waals surface area contributed by atoms with Gasteiger partial charge in [0.1, 0.15) is 17.7 Å². The molecule has 96 valence electrons. The van der Waals surface area contributed by atoms with E-state index in [-0.39, 0.29) is 11.9 Å². The molecular weight excluding hydrogens is 217 g/mol. The Bertz CT molecular complexity index is 328. The highest BCUT2D eigenvalue weighted by atomic mass is 19.1. The number of benzene rings is 1. The molecule has 2 nitrogen and oxygen atoms in total. The van der Waals surface area contributed by atoms with E-state index in [1.165, 1.54) is 12.1 Å². The van der Waals surface area contributed by atoms with Crippen LogP contribution in [0, 0.1) is 5.82 Å². The summed E-state index contributed by atoms with van der Waals surface area (Å²) in [4.78, 5) is 0. The second-order valence-electron chi connectivity index (χ2n) is 4.55. The lowest BCUT2D eigenvalue weighted by Crippen LogP contribution is -2.35. The number of hydrogen-bond donors (Lipinski definition) is 1. The first kappa shape index (κ1) is 14.0. The summed E-state index contributed by atoms with van der Waals surface area (Å²) >= 11 is 0. The fourth-order valence-electron chi connectivity index (χ4n) is 1.62. The average molecular weight is 239 g/mol. The molecule has 1 aromatic carbocycles. The van der Waals surface area contributed by atoms with Crippen molar-refractivity contribution in [1.82, 2.24) is 5.32 Å². The summed E-state index contributed by atoms with van der Waals surface area (Å²) in [7, 11) is 0. The number of ether oxygens (including phenoxy) is 1. The molecule has 0 saturated heterocycles. The van der Waals surface area contributed by atoms with E-state index in [2.05, 4.69) is 26.1 Å². The molecule has 17 heavy (non-hydrogen) atoms. The largest absolute Gasteiger partial charge is 0.489 e. The van der Waals surface area contributed by atoms with Gasteiger partial charge in [0.05, 0.1) is 0 Å². The van der Waals surface area contributed by atoms with Crippen LogP contribution in [0.2, 0.25) is 0 Å². The van der Waals surface area contributed by atoms with Crippen molar-refractivity contribution in [3.8, 4) is 5.75 Å². The van der Waals surface area contributed by atoms with Gasteiger partial charge in [0, 0.05) is 18.7 Å². The summed E-state index contributed by atoms with van der Waals surface area (Å²) in [5.41, 5.74) is 0. The van der Waals surface area contributed by atoms with Crippen LogP contribution in [-0.2, 0) is 0 Å². The molecule has 0 heterocycles. The Balaban J connectivity index is 2.53. The lowest BCUT2D eigenvalue weighted by atomic mass is 10.2. The monoisotopic (exact) mass is 239 g/mol. The molecule has 3 heteroatoms. The molecule has 0 bridgehead atoms. The van der Waals surface area contributed by atoms with Crippen molar-refractivity contribution >= 4 is 0 Å². The Kier molecular flexibility index (Phi) is 5.98. The molecule has 1 unspecified atom stereocenters. The number of rotatable bonds is 7. The van der Waals surface area contributed by atoms with Gasteiger partial charge in [-0.3, -0.25) is 0 Å². The van der Waals surface area contributed by atoms with E-state index < -0.39 is 0 Å². The fraction of sp³-hybridized carbons (Fsp3) is 0.571. The van der Waals surface area contributed by atoms with Gasteiger partial charge >= 0.3 is 0 Å². The molecule has 0 aliphatic heterocycles. The van der Waals surface area contributed by atoms with Crippen LogP contribution in [0.25, 0.3) is 0 Å². The number of hydrogen-bond acceptors (Lipinski definition) is 2. The van der Waals surface area contributed by atoms with Crippen molar-refractivity contribution in [2.75, 3.05) is 6.54 Å². The molecular formula is C14H22FNO. The molecule has 0 saturated carbocycles. The standard InChI is InChI=1S/C14H22FNO/c1-4-6-14(10-16-11(2)3)17-13-8-5-7-12(15)9-13/h5,7-9,11,14,16H,4,6,10H2,1-3H3. The summed E-state index contributed by atoms with van der Waals surface area (Å²) in [5.74, 6) is 0.351. The third-order valence-electron chi connectivity index (χ3n) is 2.46. The van der Waals surface area contributed by atoms with Gasteiger partial charge in [0.2, 0.25) is 0 Å². The molecule has 0 aliphatic carbocycles. The van der Waals surface area contributed by atoms with Crippen LogP contribution < -0.4 is 10.1 Å². The van der Waals surface area contributed by atoms with Gasteiger partial charge in [0.25, 0.3) is 0 Å². The van der Waals surface area contributed by atoms with Gasteiger partial charge in [-0.2, -0.15) is 0 Å². The van der Waals surface area contributed by atoms with Crippen molar-refractivity contribution in [1.29, 1.82) is 0 Å². The Morgan fingerprint density at radius 3 is 2.71 bits per heavy atom. The summed E-state index contributed by atoms with van der Waals surface area (Å²) in [6.45, 7) is 7.12. The molecule has 1 N–H and O–H groups in total. The van der Waals surface area contributed by atoms with Crippen LogP contribution in [0.1, 0.15) is 33.6 Å². The van der Waals surface area contributed by atoms with Crippen molar-refractivity contribution in [3.63, 3.8) is 0 Å². The minimum atomic E-state index is -0.255. The first-order valence-electron chi connectivity index (χ1n) is 6.27. The lowest BCUT2D eigenvalue weighted by molar-refractivity contribution is 0.182. The van der Waals surface area contributed by atoms with E-state index >= 15 is 0 Å². The van der Waals surface area contributed by atoms with Crippen molar-refractivity contribution in [2.45, 2.75) is 45.8 Å². The first-order valence-corrected chi connectivity index (χ1v) is 6.27. The predicted octanol–water partition coefficient (Wildman–Crippen LogP) is 3.37. The van der Waals surface area contributed by atoms with Crippen LogP contribution in [-0.4, -0.2) is 18.7 Å². The maximum atomic E-state index is 13.0. The molecule has 0 radical (unpaired) electrons. The summed E-state index contributed by atoms with van der Waals surface area (Å²) in [6, 6.07) is 6.75. The van der Waals surface area contributed by atoms with Gasteiger partial charge in [-0.15, -0.1) is 0 Å². The predicted molar refractivity (Wildman–Crippen MR) is 68.9 cm³/mol. The van der Waals surface area contributed by atoms with E-state index in [0.29, 0.717) is 11.8 Å². The van der Waals surface area contributed by atoms with E-state index in [4.69, 9.17) is 4.74 Å². The Labute approximate surface area is 103 Å². The van der Waals surface area contributed by atoms with Crippen molar-refractivity contribution < 1.29 is 9.13 Å². The normalized spacial score (nSPS) is 12.8. The smallest absolute Gasteiger partial charge is 0.126 e. The van der Waals surface area contributed by atoms with Gasteiger partial charge in [-0.25, -0.2) is 4.39 Å². The zero-order valence-electron chi connectivity index (χ0n) is 10.9. The molecule has 0 aromatic heterocycles. The summed E-state index contributed by atoms with van der Waals surface area (Å²) in [6.07, 6.45) is 2.12. The summed E-state index contributed by atoms with van der Waals surface area (Å²) in [5, 5.41) is 3.35. The Morgan fingerprint density at radius 1 is 1.35 bits per heavy atom. The molecule has 0 spiro atoms. The minimum absolute atomic E-state index is 0.101. The van der Waals surface area contributed by atoms with Gasteiger partial charge in [-0.05, 0) is 18.6 Å². The SMILES string of the molecule is CCCC(CNC(C)C)Oc1cccc(F)c1. The Hall–Kier alpha value is -1.09. The molecule has 0 aliphatic rings. The number of halogens is 1. The van der Waals surface area contributed by atoms with Crippen LogP contribution in [0.15, 0.2) is 24.3 Å². The van der Waals surface area contributed by atoms with Crippen LogP contribution >= 0.6 is 0 Å². The second-order valence-corrected chi connectivity index (χ2v) is 4.55. The fourth-order valence-corrected chi connectivity index (χ4v) is 1.62. The number of nitrogens with one attached hydrogen (secondary N) is 1. The second kappa shape index (κ2) is 7.28. The van der Waals surface area contributed by atoms with E-state index in [0.717, 1.165) is 19.4 Å².